The second-order valence-corrected chi connectivity index (χ2v) is 6.53. The molecule has 0 radical (unpaired) electrons. The molecule has 0 aliphatic carbocycles. The van der Waals surface area contributed by atoms with Crippen molar-refractivity contribution in [2.45, 2.75) is 33.3 Å². The number of carbonyl (C=O) groups is 2. The predicted molar refractivity (Wildman–Crippen MR) is 97.7 cm³/mol. The largest absolute Gasteiger partial charge is 0.449 e. The average Bonchev–Trinajstić information content (AvgIpc) is 2.56. The third kappa shape index (κ3) is 5.57. The van der Waals surface area contributed by atoms with Crippen LogP contribution in [0.4, 0.5) is 5.69 Å². The molecule has 1 atom stereocenters. The van der Waals surface area contributed by atoms with Crippen LogP contribution >= 0.6 is 11.6 Å². The van der Waals surface area contributed by atoms with Gasteiger partial charge in [0, 0.05) is 6.20 Å². The minimum absolute atomic E-state index is 0.176. The molecule has 1 aromatic carbocycles. The van der Waals surface area contributed by atoms with Gasteiger partial charge in [0.15, 0.2) is 11.3 Å². The second-order valence-electron chi connectivity index (χ2n) is 6.17. The van der Waals surface area contributed by atoms with Crippen LogP contribution in [0.3, 0.4) is 0 Å². The van der Waals surface area contributed by atoms with E-state index in [-0.39, 0.29) is 5.15 Å². The van der Waals surface area contributed by atoms with E-state index < -0.39 is 18.0 Å². The number of rotatable bonds is 6. The third-order valence-corrected chi connectivity index (χ3v) is 3.80. The molecule has 132 valence electrons. The van der Waals surface area contributed by atoms with Crippen molar-refractivity contribution in [1.29, 1.82) is 0 Å². The molecule has 0 spiro atoms. The number of nitrogens with zero attached hydrogens (tertiary/aromatic N) is 1. The molecule has 1 heterocycles. The number of benzene rings is 1. The van der Waals surface area contributed by atoms with E-state index in [1.807, 2.05) is 12.1 Å². The molecule has 0 aliphatic rings. The fourth-order valence-electron chi connectivity index (χ4n) is 2.24. The minimum Gasteiger partial charge on any atom is -0.449 e. The summed E-state index contributed by atoms with van der Waals surface area (Å²) in [7, 11) is 0. The topological polar surface area (TPSA) is 68.3 Å². The quantitative estimate of drug-likeness (QED) is 0.621. The van der Waals surface area contributed by atoms with E-state index in [9.17, 15) is 9.59 Å². The number of anilines is 1. The number of aromatic nitrogens is 1. The number of pyridine rings is 1. The Labute approximate surface area is 152 Å². The zero-order valence-electron chi connectivity index (χ0n) is 14.5. The van der Waals surface area contributed by atoms with Crippen molar-refractivity contribution in [3.05, 3.63) is 58.9 Å². The van der Waals surface area contributed by atoms with Gasteiger partial charge in [-0.1, -0.05) is 37.6 Å². The summed E-state index contributed by atoms with van der Waals surface area (Å²) in [6.07, 6.45) is 1.50. The van der Waals surface area contributed by atoms with E-state index in [1.165, 1.54) is 13.1 Å². The first-order chi connectivity index (χ1) is 11.9. The Morgan fingerprint density at radius 3 is 2.44 bits per heavy atom. The van der Waals surface area contributed by atoms with E-state index in [4.69, 9.17) is 16.3 Å². The van der Waals surface area contributed by atoms with Gasteiger partial charge >= 0.3 is 5.97 Å². The molecule has 1 N–H and O–H groups in total. The number of halogens is 1. The van der Waals surface area contributed by atoms with Crippen molar-refractivity contribution in [1.82, 2.24) is 4.98 Å². The molecule has 5 nitrogen and oxygen atoms in total. The zero-order valence-corrected chi connectivity index (χ0v) is 15.2. The lowest BCUT2D eigenvalue weighted by Crippen LogP contribution is -2.30. The van der Waals surface area contributed by atoms with Crippen LogP contribution in [0.15, 0.2) is 42.6 Å². The highest BCUT2D eigenvalue weighted by Gasteiger charge is 2.20. The number of nitrogens with one attached hydrogen (secondary N) is 1. The van der Waals surface area contributed by atoms with Gasteiger partial charge in [-0.05, 0) is 49.1 Å². The monoisotopic (exact) mass is 360 g/mol. The normalized spacial score (nSPS) is 11.9. The Bertz CT molecular complexity index is 745. The van der Waals surface area contributed by atoms with E-state index in [1.54, 1.807) is 24.3 Å². The van der Waals surface area contributed by atoms with Crippen LogP contribution in [-0.2, 0) is 16.0 Å². The molecular weight excluding hydrogens is 340 g/mol. The van der Waals surface area contributed by atoms with Crippen molar-refractivity contribution in [3.8, 4) is 0 Å². The fraction of sp³-hybridized carbons (Fsp3) is 0.316. The van der Waals surface area contributed by atoms with Crippen molar-refractivity contribution in [2.75, 3.05) is 5.32 Å². The molecule has 2 rings (SSSR count). The molecule has 0 saturated heterocycles. The fourth-order valence-corrected chi connectivity index (χ4v) is 2.41. The summed E-state index contributed by atoms with van der Waals surface area (Å²) in [5, 5.41) is 2.76. The van der Waals surface area contributed by atoms with Crippen LogP contribution in [0, 0.1) is 5.92 Å². The lowest BCUT2D eigenvalue weighted by atomic mass is 10.0. The van der Waals surface area contributed by atoms with Crippen LogP contribution in [0.5, 0.6) is 0 Å². The Hall–Kier alpha value is -2.40. The third-order valence-electron chi connectivity index (χ3n) is 3.50. The van der Waals surface area contributed by atoms with E-state index in [0.717, 1.165) is 12.0 Å². The number of esters is 1. The van der Waals surface area contributed by atoms with Crippen LogP contribution in [0.25, 0.3) is 0 Å². The molecular formula is C19H21ClN2O3. The van der Waals surface area contributed by atoms with Crippen molar-refractivity contribution >= 4 is 29.2 Å². The Morgan fingerprint density at radius 1 is 1.16 bits per heavy atom. The SMILES string of the molecule is CC(C)Cc1ccc(C(=O)O[C@H](C)C(=O)Nc2cccnc2Cl)cc1. The van der Waals surface area contributed by atoms with Gasteiger partial charge in [-0.3, -0.25) is 4.79 Å². The summed E-state index contributed by atoms with van der Waals surface area (Å²) in [5.41, 5.74) is 1.94. The number of ether oxygens (including phenoxy) is 1. The molecule has 0 aliphatic heterocycles. The van der Waals surface area contributed by atoms with Gasteiger partial charge in [0.2, 0.25) is 0 Å². The maximum absolute atomic E-state index is 12.2. The molecule has 25 heavy (non-hydrogen) atoms. The molecule has 2 aromatic rings. The molecule has 0 fully saturated rings. The average molecular weight is 361 g/mol. The first-order valence-electron chi connectivity index (χ1n) is 8.08. The van der Waals surface area contributed by atoms with Gasteiger partial charge < -0.3 is 10.1 Å². The number of hydrogen-bond acceptors (Lipinski definition) is 4. The lowest BCUT2D eigenvalue weighted by molar-refractivity contribution is -0.123. The van der Waals surface area contributed by atoms with Crippen LogP contribution in [0.2, 0.25) is 5.15 Å². The summed E-state index contributed by atoms with van der Waals surface area (Å²) < 4.78 is 5.22. The van der Waals surface area contributed by atoms with Gasteiger partial charge in [0.05, 0.1) is 11.3 Å². The van der Waals surface area contributed by atoms with E-state index >= 15 is 0 Å². The van der Waals surface area contributed by atoms with Crippen LogP contribution < -0.4 is 5.32 Å². The van der Waals surface area contributed by atoms with Gasteiger partial charge in [-0.15, -0.1) is 0 Å². The van der Waals surface area contributed by atoms with E-state index in [0.29, 0.717) is 17.2 Å². The molecule has 1 aromatic heterocycles. The van der Waals surface area contributed by atoms with E-state index in [2.05, 4.69) is 24.1 Å². The van der Waals surface area contributed by atoms with Crippen molar-refractivity contribution < 1.29 is 14.3 Å². The van der Waals surface area contributed by atoms with Crippen molar-refractivity contribution in [3.63, 3.8) is 0 Å². The predicted octanol–water partition coefficient (Wildman–Crippen LogP) is 4.12. The van der Waals surface area contributed by atoms with Gasteiger partial charge in [-0.2, -0.15) is 0 Å². The summed E-state index contributed by atoms with van der Waals surface area (Å²) in [5.74, 6) is -0.475. The maximum Gasteiger partial charge on any atom is 0.338 e. The highest BCUT2D eigenvalue weighted by molar-refractivity contribution is 6.32. The number of carbonyl (C=O) groups excluding carboxylic acids is 2. The van der Waals surface area contributed by atoms with Gasteiger partial charge in [0.25, 0.3) is 5.91 Å². The van der Waals surface area contributed by atoms with Gasteiger partial charge in [-0.25, -0.2) is 9.78 Å². The maximum atomic E-state index is 12.2. The minimum atomic E-state index is -0.959. The highest BCUT2D eigenvalue weighted by atomic mass is 35.5. The highest BCUT2D eigenvalue weighted by Crippen LogP contribution is 2.18. The summed E-state index contributed by atoms with van der Waals surface area (Å²) >= 11 is 5.89. The van der Waals surface area contributed by atoms with Gasteiger partial charge in [0.1, 0.15) is 0 Å². The Balaban J connectivity index is 1.95. The second kappa shape index (κ2) is 8.62. The summed E-state index contributed by atoms with van der Waals surface area (Å²) in [6.45, 7) is 5.78. The number of amides is 1. The molecule has 1 amide bonds. The lowest BCUT2D eigenvalue weighted by Gasteiger charge is -2.14. The molecule has 6 heteroatoms. The van der Waals surface area contributed by atoms with Crippen LogP contribution in [-0.4, -0.2) is 23.0 Å². The molecule has 0 unspecified atom stereocenters. The summed E-state index contributed by atoms with van der Waals surface area (Å²) in [4.78, 5) is 28.2. The molecule has 0 saturated carbocycles. The first-order valence-corrected chi connectivity index (χ1v) is 8.46. The van der Waals surface area contributed by atoms with Crippen molar-refractivity contribution in [2.24, 2.45) is 5.92 Å². The zero-order chi connectivity index (χ0) is 18.4. The van der Waals surface area contributed by atoms with Crippen LogP contribution in [0.1, 0.15) is 36.7 Å². The Morgan fingerprint density at radius 2 is 1.84 bits per heavy atom. The first kappa shape index (κ1) is 18.9. The summed E-state index contributed by atoms with van der Waals surface area (Å²) in [6, 6.07) is 10.5. The molecule has 0 bridgehead atoms. The Kier molecular flexibility index (Phi) is 6.53. The number of hydrogen-bond donors (Lipinski definition) is 1. The smallest absolute Gasteiger partial charge is 0.338 e. The standard InChI is InChI=1S/C19H21ClN2O3/c1-12(2)11-14-6-8-15(9-7-14)19(24)25-13(3)18(23)22-16-5-4-10-21-17(16)20/h4-10,12-13H,11H2,1-3H3,(H,22,23)/t13-/m1/s1.